The summed E-state index contributed by atoms with van der Waals surface area (Å²) >= 11 is 6.32. The topological polar surface area (TPSA) is 150 Å². The first kappa shape index (κ1) is 22.5. The van der Waals surface area contributed by atoms with Gasteiger partial charge >= 0.3 is 0 Å². The third-order valence-electron chi connectivity index (χ3n) is 5.13. The minimum absolute atomic E-state index is 0.0162. The van der Waals surface area contributed by atoms with E-state index in [4.69, 9.17) is 17.3 Å². The summed E-state index contributed by atoms with van der Waals surface area (Å²) in [5.41, 5.74) is 5.51. The molecule has 2 aliphatic heterocycles. The summed E-state index contributed by atoms with van der Waals surface area (Å²) in [6, 6.07) is 2.32. The Labute approximate surface area is 179 Å². The molecule has 30 heavy (non-hydrogen) atoms. The SMILES string of the molecule is NC(=O)[C@H](NS(=O)(=O)c1cccc(N2CCCCC2=O)c1Cl)C(=O)N1CC[C@@H](O)C1. The maximum atomic E-state index is 12.9. The van der Waals surface area contributed by atoms with Crippen LogP contribution in [0.2, 0.25) is 5.02 Å². The van der Waals surface area contributed by atoms with Gasteiger partial charge < -0.3 is 20.6 Å². The molecule has 0 aromatic heterocycles. The number of piperidine rings is 1. The molecule has 164 valence electrons. The number of amides is 3. The van der Waals surface area contributed by atoms with Crippen molar-refractivity contribution < 1.29 is 27.9 Å². The molecule has 0 spiro atoms. The predicted octanol–water partition coefficient (Wildman–Crippen LogP) is -0.418. The Morgan fingerprint density at radius 3 is 2.60 bits per heavy atom. The number of nitrogens with one attached hydrogen (secondary N) is 1. The molecular weight excluding hydrogens is 436 g/mol. The lowest BCUT2D eigenvalue weighted by Crippen LogP contribution is -2.54. The molecule has 2 aliphatic rings. The Morgan fingerprint density at radius 2 is 2.00 bits per heavy atom. The van der Waals surface area contributed by atoms with Crippen LogP contribution in [-0.4, -0.2) is 67.9 Å². The molecule has 2 heterocycles. The number of likely N-dealkylation sites (tertiary alicyclic amines) is 1. The van der Waals surface area contributed by atoms with Gasteiger partial charge in [0.05, 0.1) is 16.8 Å². The molecule has 0 bridgehead atoms. The van der Waals surface area contributed by atoms with Crippen molar-refractivity contribution in [3.05, 3.63) is 23.2 Å². The summed E-state index contributed by atoms with van der Waals surface area (Å²) in [7, 11) is -4.43. The fourth-order valence-corrected chi connectivity index (χ4v) is 5.33. The van der Waals surface area contributed by atoms with Gasteiger partial charge in [-0.2, -0.15) is 4.72 Å². The highest BCUT2D eigenvalue weighted by atomic mass is 35.5. The number of halogens is 1. The van der Waals surface area contributed by atoms with Crippen LogP contribution in [0.25, 0.3) is 0 Å². The smallest absolute Gasteiger partial charge is 0.250 e. The molecule has 3 rings (SSSR count). The number of sulfonamides is 1. The van der Waals surface area contributed by atoms with Crippen molar-refractivity contribution in [1.82, 2.24) is 9.62 Å². The largest absolute Gasteiger partial charge is 0.391 e. The van der Waals surface area contributed by atoms with Crippen molar-refractivity contribution in [3.8, 4) is 0 Å². The van der Waals surface area contributed by atoms with E-state index in [1.807, 2.05) is 4.72 Å². The third-order valence-corrected chi connectivity index (χ3v) is 7.10. The average Bonchev–Trinajstić information content (AvgIpc) is 3.12. The van der Waals surface area contributed by atoms with Crippen molar-refractivity contribution in [2.24, 2.45) is 5.73 Å². The van der Waals surface area contributed by atoms with Crippen LogP contribution in [0, 0.1) is 0 Å². The van der Waals surface area contributed by atoms with Gasteiger partial charge in [0.15, 0.2) is 6.04 Å². The predicted molar refractivity (Wildman–Crippen MR) is 108 cm³/mol. The fourth-order valence-electron chi connectivity index (χ4n) is 3.55. The van der Waals surface area contributed by atoms with E-state index in [1.54, 1.807) is 0 Å². The average molecular weight is 459 g/mol. The van der Waals surface area contributed by atoms with E-state index in [0.29, 0.717) is 19.4 Å². The van der Waals surface area contributed by atoms with Gasteiger partial charge in [-0.25, -0.2) is 8.42 Å². The Bertz CT molecular complexity index is 969. The number of β-amino-alcohol motifs (C(OH)–C–C–N with tert-alkyl or cyclic N) is 1. The zero-order valence-corrected chi connectivity index (χ0v) is 17.7. The summed E-state index contributed by atoms with van der Waals surface area (Å²) in [6.07, 6.45) is 1.43. The van der Waals surface area contributed by atoms with Crippen molar-refractivity contribution in [1.29, 1.82) is 0 Å². The summed E-state index contributed by atoms with van der Waals surface area (Å²) < 4.78 is 27.9. The van der Waals surface area contributed by atoms with E-state index in [9.17, 15) is 27.9 Å². The molecule has 12 heteroatoms. The minimum Gasteiger partial charge on any atom is -0.391 e. The molecular formula is C18H23ClN4O6S. The molecule has 3 amide bonds. The van der Waals surface area contributed by atoms with E-state index in [1.165, 1.54) is 28.0 Å². The number of anilines is 1. The highest BCUT2D eigenvalue weighted by molar-refractivity contribution is 7.89. The first-order valence-corrected chi connectivity index (χ1v) is 11.4. The van der Waals surface area contributed by atoms with Crippen molar-refractivity contribution in [2.75, 3.05) is 24.5 Å². The van der Waals surface area contributed by atoms with Crippen LogP contribution in [0.4, 0.5) is 5.69 Å². The number of primary amides is 1. The maximum absolute atomic E-state index is 12.9. The summed E-state index contributed by atoms with van der Waals surface area (Å²) in [6.45, 7) is 0.575. The lowest BCUT2D eigenvalue weighted by Gasteiger charge is -2.28. The van der Waals surface area contributed by atoms with Crippen LogP contribution in [0.1, 0.15) is 25.7 Å². The zero-order chi connectivity index (χ0) is 22.1. The van der Waals surface area contributed by atoms with E-state index in [-0.39, 0.29) is 34.6 Å². The molecule has 0 radical (unpaired) electrons. The van der Waals surface area contributed by atoms with Crippen LogP contribution >= 0.6 is 11.6 Å². The quantitative estimate of drug-likeness (QED) is 0.493. The molecule has 2 atom stereocenters. The molecule has 1 aromatic carbocycles. The van der Waals surface area contributed by atoms with E-state index in [2.05, 4.69) is 0 Å². The van der Waals surface area contributed by atoms with Crippen LogP contribution < -0.4 is 15.4 Å². The molecule has 4 N–H and O–H groups in total. The van der Waals surface area contributed by atoms with Crippen LogP contribution in [0.5, 0.6) is 0 Å². The van der Waals surface area contributed by atoms with Crippen LogP contribution in [-0.2, 0) is 24.4 Å². The standard InChI is InChI=1S/C18H23ClN4O6S/c19-15-12(23-8-2-1-6-14(23)25)4-3-5-13(15)30(28,29)21-16(17(20)26)18(27)22-9-7-11(24)10-22/h3-5,11,16,21,24H,1-2,6-10H2,(H2,20,26)/t11-,16+/m1/s1. The van der Waals surface area contributed by atoms with Gasteiger partial charge in [-0.1, -0.05) is 17.7 Å². The monoisotopic (exact) mass is 458 g/mol. The lowest BCUT2D eigenvalue weighted by atomic mass is 10.1. The van der Waals surface area contributed by atoms with Crippen molar-refractivity contribution >= 4 is 45.0 Å². The van der Waals surface area contributed by atoms with Gasteiger partial charge in [-0.15, -0.1) is 0 Å². The van der Waals surface area contributed by atoms with Gasteiger partial charge in [-0.05, 0) is 31.4 Å². The van der Waals surface area contributed by atoms with Gasteiger partial charge in [0.1, 0.15) is 4.90 Å². The summed E-state index contributed by atoms with van der Waals surface area (Å²) in [4.78, 5) is 38.8. The Kier molecular flexibility index (Phi) is 6.65. The van der Waals surface area contributed by atoms with E-state index >= 15 is 0 Å². The van der Waals surface area contributed by atoms with Crippen molar-refractivity contribution in [3.63, 3.8) is 0 Å². The highest BCUT2D eigenvalue weighted by Crippen LogP contribution is 2.34. The maximum Gasteiger partial charge on any atom is 0.250 e. The molecule has 10 nitrogen and oxygen atoms in total. The second-order valence-electron chi connectivity index (χ2n) is 7.28. The lowest BCUT2D eigenvalue weighted by molar-refractivity contribution is -0.137. The number of hydrogen-bond acceptors (Lipinski definition) is 6. The fraction of sp³-hybridized carbons (Fsp3) is 0.500. The number of hydrogen-bond donors (Lipinski definition) is 3. The molecule has 0 aliphatic carbocycles. The molecule has 0 unspecified atom stereocenters. The number of aliphatic hydroxyl groups excluding tert-OH is 1. The Hall–Kier alpha value is -2.21. The van der Waals surface area contributed by atoms with Gasteiger partial charge in [0.2, 0.25) is 21.8 Å². The molecule has 1 aromatic rings. The van der Waals surface area contributed by atoms with E-state index < -0.39 is 34.0 Å². The second kappa shape index (κ2) is 8.88. The number of benzene rings is 1. The molecule has 0 saturated carbocycles. The Balaban J connectivity index is 1.88. The minimum atomic E-state index is -4.43. The number of carbonyl (C=O) groups is 3. The third kappa shape index (κ3) is 4.59. The highest BCUT2D eigenvalue weighted by Gasteiger charge is 2.37. The van der Waals surface area contributed by atoms with Crippen molar-refractivity contribution in [2.45, 2.75) is 42.7 Å². The number of nitrogens with two attached hydrogens (primary N) is 1. The molecule has 2 saturated heterocycles. The van der Waals surface area contributed by atoms with Crippen LogP contribution in [0.15, 0.2) is 23.1 Å². The summed E-state index contributed by atoms with van der Waals surface area (Å²) in [5.74, 6) is -2.19. The number of nitrogens with zero attached hydrogens (tertiary/aromatic N) is 2. The second-order valence-corrected chi connectivity index (χ2v) is 9.34. The summed E-state index contributed by atoms with van der Waals surface area (Å²) in [5, 5.41) is 9.41. The zero-order valence-electron chi connectivity index (χ0n) is 16.1. The van der Waals surface area contributed by atoms with E-state index in [0.717, 1.165) is 12.8 Å². The molecule has 2 fully saturated rings. The number of rotatable bonds is 6. The first-order chi connectivity index (χ1) is 14.1. The van der Waals surface area contributed by atoms with Gasteiger partial charge in [0.25, 0.3) is 5.91 Å². The first-order valence-electron chi connectivity index (χ1n) is 9.49. The normalized spacial score (nSPS) is 21.0. The van der Waals surface area contributed by atoms with Gasteiger partial charge in [-0.3, -0.25) is 14.4 Å². The van der Waals surface area contributed by atoms with Crippen LogP contribution in [0.3, 0.4) is 0 Å². The van der Waals surface area contributed by atoms with Gasteiger partial charge in [0, 0.05) is 26.1 Å². The Morgan fingerprint density at radius 1 is 1.27 bits per heavy atom. The number of carbonyl (C=O) groups excluding carboxylic acids is 3. The number of aliphatic hydroxyl groups is 1.